The summed E-state index contributed by atoms with van der Waals surface area (Å²) in [4.78, 5) is 64.1. The molecule has 0 saturated carbocycles. The van der Waals surface area contributed by atoms with E-state index in [9.17, 15) is 27.6 Å². The number of ether oxygens (including phenoxy) is 2. The molecule has 2 aliphatic heterocycles. The van der Waals surface area contributed by atoms with Gasteiger partial charge in [-0.15, -0.1) is 0 Å². The van der Waals surface area contributed by atoms with Crippen LogP contribution in [0.3, 0.4) is 0 Å². The summed E-state index contributed by atoms with van der Waals surface area (Å²) in [5.74, 6) is -0.817. The second-order valence-electron chi connectivity index (χ2n) is 15.5. The van der Waals surface area contributed by atoms with Crippen LogP contribution in [0.2, 0.25) is 0 Å². The Kier molecular flexibility index (Phi) is 14.5. The molecule has 0 saturated heterocycles. The highest BCUT2D eigenvalue weighted by atomic mass is 32.2. The summed E-state index contributed by atoms with van der Waals surface area (Å²) in [6.45, 7) is 11.3. The van der Waals surface area contributed by atoms with Crippen LogP contribution < -0.4 is 16.0 Å². The topological polar surface area (TPSA) is 177 Å². The zero-order valence-corrected chi connectivity index (χ0v) is 38.0. The summed E-state index contributed by atoms with van der Waals surface area (Å²) >= 11 is 0. The molecule has 6 rings (SSSR count). The predicted octanol–water partition coefficient (Wildman–Crippen LogP) is 5.49. The summed E-state index contributed by atoms with van der Waals surface area (Å²) in [7, 11) is 0.111. The van der Waals surface area contributed by atoms with Crippen LogP contribution in [0.5, 0.6) is 0 Å². The van der Waals surface area contributed by atoms with Crippen molar-refractivity contribution in [2.75, 3.05) is 25.7 Å². The van der Waals surface area contributed by atoms with E-state index in [2.05, 4.69) is 20.3 Å². The highest BCUT2D eigenvalue weighted by Gasteiger charge is 2.26. The van der Waals surface area contributed by atoms with E-state index in [1.165, 1.54) is 14.2 Å². The Morgan fingerprint density at radius 1 is 0.645 bits per heavy atom. The molecule has 2 aromatic heterocycles. The first kappa shape index (κ1) is 45.5. The Bertz CT molecular complexity index is 2770. The predicted molar refractivity (Wildman–Crippen MR) is 243 cm³/mol. The van der Waals surface area contributed by atoms with E-state index in [0.29, 0.717) is 85.7 Å². The maximum atomic E-state index is 13.2. The van der Waals surface area contributed by atoms with Crippen molar-refractivity contribution in [1.82, 2.24) is 15.3 Å². The van der Waals surface area contributed by atoms with Gasteiger partial charge in [0.2, 0.25) is 0 Å². The fourth-order valence-corrected chi connectivity index (χ4v) is 9.64. The third-order valence-electron chi connectivity index (χ3n) is 11.4. The van der Waals surface area contributed by atoms with Crippen LogP contribution in [0.1, 0.15) is 77.9 Å². The minimum atomic E-state index is -1.29. The molecule has 0 aliphatic carbocycles. The van der Waals surface area contributed by atoms with Crippen molar-refractivity contribution in [3.05, 3.63) is 132 Å². The summed E-state index contributed by atoms with van der Waals surface area (Å²) in [5, 5.41) is 4.22. The summed E-state index contributed by atoms with van der Waals surface area (Å²) < 4.78 is 36.3. The lowest BCUT2D eigenvalue weighted by Gasteiger charge is -2.08. The molecule has 0 spiro atoms. The monoisotopic (exact) mass is 876 g/mol. The molecular formula is C48H52N4O8S2. The van der Waals surface area contributed by atoms with Gasteiger partial charge < -0.3 is 24.8 Å². The first-order chi connectivity index (χ1) is 29.6. The van der Waals surface area contributed by atoms with E-state index in [-0.39, 0.29) is 36.4 Å². The first-order valence-corrected chi connectivity index (χ1v) is 22.9. The highest BCUT2D eigenvalue weighted by Crippen LogP contribution is 2.30. The summed E-state index contributed by atoms with van der Waals surface area (Å²) in [6.07, 6.45) is 6.61. The van der Waals surface area contributed by atoms with Crippen molar-refractivity contribution in [1.29, 1.82) is 0 Å². The number of nitrogens with zero attached hydrogens (tertiary/aromatic N) is 1. The lowest BCUT2D eigenvalue weighted by atomic mass is 10.0. The standard InChI is InChI=1S/C48H52N4O8S2/c1-27-9-13-33(14-10-27)61(57)21-19-36-32(6)47(55)52-43(36)25-40-29(3)35(17-18-45(53)59-7)42(49-40)26-44-38(23-46(54)60-8)31(5)39(50-44)24-41-30(4)37(48(56)51-41)20-22-62(58)34-15-11-28(2)12-16-34/h9-16,24-26,49-50H,17-23H2,1-8H3,(H,52,55)/b39-24?,43-25-,44-26?. The Hall–Kier alpha value is -5.99. The largest absolute Gasteiger partial charge is 0.469 e. The smallest absolute Gasteiger partial charge is 0.310 e. The van der Waals surface area contributed by atoms with Crippen molar-refractivity contribution in [2.24, 2.45) is 4.99 Å². The van der Waals surface area contributed by atoms with Crippen LogP contribution in [0.15, 0.2) is 91.3 Å². The van der Waals surface area contributed by atoms with Crippen LogP contribution in [0.4, 0.5) is 0 Å². The molecule has 3 N–H and O–H groups in total. The van der Waals surface area contributed by atoms with Crippen molar-refractivity contribution in [3.8, 4) is 0 Å². The molecule has 62 heavy (non-hydrogen) atoms. The minimum absolute atomic E-state index is 0.0493. The van der Waals surface area contributed by atoms with Crippen molar-refractivity contribution in [2.45, 2.75) is 83.4 Å². The minimum Gasteiger partial charge on any atom is -0.469 e. The number of hydrogen-bond donors (Lipinski definition) is 3. The molecule has 4 heterocycles. The number of nitrogens with one attached hydrogen (secondary N) is 3. The van der Waals surface area contributed by atoms with Gasteiger partial charge in [0.1, 0.15) is 0 Å². The number of amides is 2. The average Bonchev–Trinajstić information content (AvgIpc) is 3.90. The second kappa shape index (κ2) is 19.8. The van der Waals surface area contributed by atoms with Crippen LogP contribution >= 0.6 is 0 Å². The first-order valence-electron chi connectivity index (χ1n) is 20.3. The molecule has 12 nitrogen and oxygen atoms in total. The number of hydrogen-bond acceptors (Lipinski definition) is 8. The number of esters is 2. The Balaban J connectivity index is 1.37. The molecule has 2 aromatic carbocycles. The van der Waals surface area contributed by atoms with Gasteiger partial charge in [0.15, 0.2) is 0 Å². The molecule has 0 fully saturated rings. The van der Waals surface area contributed by atoms with E-state index in [1.54, 1.807) is 13.0 Å². The molecule has 4 aromatic rings. The number of aliphatic imine (C=N–C) groups is 1. The van der Waals surface area contributed by atoms with Crippen LogP contribution in [-0.2, 0) is 63.1 Å². The molecule has 0 radical (unpaired) electrons. The van der Waals surface area contributed by atoms with E-state index < -0.39 is 27.6 Å². The van der Waals surface area contributed by atoms with Gasteiger partial charge in [-0.25, -0.2) is 4.99 Å². The Morgan fingerprint density at radius 2 is 1.23 bits per heavy atom. The average molecular weight is 877 g/mol. The van der Waals surface area contributed by atoms with Gasteiger partial charge in [-0.05, 0) is 137 Å². The summed E-state index contributed by atoms with van der Waals surface area (Å²) in [5.41, 5.74) is 10.2. The third-order valence-corrected chi connectivity index (χ3v) is 14.2. The number of methoxy groups -OCH3 is 2. The highest BCUT2D eigenvalue weighted by molar-refractivity contribution is 7.85. The van der Waals surface area contributed by atoms with Gasteiger partial charge in [-0.3, -0.25) is 27.6 Å². The molecule has 2 atom stereocenters. The molecule has 0 bridgehead atoms. The van der Waals surface area contributed by atoms with Gasteiger partial charge in [0.25, 0.3) is 11.8 Å². The molecule has 2 amide bonds. The SMILES string of the molecule is COC(=O)CCc1c(C=c2[nH]c(=CC3=NC(=O)C(CCS(=O)c4ccc(C)cc4)=C3C)c(C)c2CC(=O)OC)[nH]c(/C=C2\NC(=O)C(C)=C2CCS(=O)c2ccc(C)cc2)c1C. The number of carbonyl (C=O) groups excluding carboxylic acids is 4. The van der Waals surface area contributed by atoms with Gasteiger partial charge in [0, 0.05) is 66.6 Å². The third kappa shape index (κ3) is 10.4. The fourth-order valence-electron chi connectivity index (χ4n) is 7.51. The molecule has 2 unspecified atom stereocenters. The van der Waals surface area contributed by atoms with Crippen LogP contribution in [-0.4, -0.2) is 73.6 Å². The maximum Gasteiger partial charge on any atom is 0.310 e. The van der Waals surface area contributed by atoms with Crippen molar-refractivity contribution >= 4 is 69.3 Å². The molecular weight excluding hydrogens is 825 g/mol. The normalized spacial score (nSPS) is 16.4. The van der Waals surface area contributed by atoms with Gasteiger partial charge in [-0.1, -0.05) is 35.4 Å². The number of H-pyrrole nitrogens is 2. The number of aromatic amines is 2. The number of allylic oxidation sites excluding steroid dienone is 2. The maximum absolute atomic E-state index is 13.2. The number of benzene rings is 2. The van der Waals surface area contributed by atoms with Gasteiger partial charge >= 0.3 is 11.9 Å². The number of rotatable bonds is 16. The van der Waals surface area contributed by atoms with E-state index in [4.69, 9.17) is 9.47 Å². The van der Waals surface area contributed by atoms with E-state index >= 15 is 0 Å². The van der Waals surface area contributed by atoms with Gasteiger partial charge in [-0.2, -0.15) is 0 Å². The fraction of sp³-hybridized carbons (Fsp3) is 0.312. The van der Waals surface area contributed by atoms with E-state index in [0.717, 1.165) is 38.3 Å². The molecule has 2 aliphatic rings. The van der Waals surface area contributed by atoms with Gasteiger partial charge in [0.05, 0.1) is 48.0 Å². The zero-order valence-electron chi connectivity index (χ0n) is 36.3. The Morgan fingerprint density at radius 3 is 1.81 bits per heavy atom. The lowest BCUT2D eigenvalue weighted by Crippen LogP contribution is -2.16. The zero-order chi connectivity index (χ0) is 44.8. The number of carbonyl (C=O) groups is 4. The Labute approximate surface area is 366 Å². The van der Waals surface area contributed by atoms with Crippen LogP contribution in [0.25, 0.3) is 18.2 Å². The quantitative estimate of drug-likeness (QED) is 0.124. The summed E-state index contributed by atoms with van der Waals surface area (Å²) in [6, 6.07) is 15.1. The van der Waals surface area contributed by atoms with Crippen molar-refractivity contribution in [3.63, 3.8) is 0 Å². The molecule has 324 valence electrons. The van der Waals surface area contributed by atoms with E-state index in [1.807, 2.05) is 95.3 Å². The number of aryl methyl sites for hydroxylation is 2. The second-order valence-corrected chi connectivity index (χ2v) is 18.6. The van der Waals surface area contributed by atoms with Crippen molar-refractivity contribution < 1.29 is 37.1 Å². The lowest BCUT2D eigenvalue weighted by molar-refractivity contribution is -0.141. The number of aromatic nitrogens is 2. The van der Waals surface area contributed by atoms with Crippen LogP contribution in [0, 0.1) is 27.7 Å². The molecule has 14 heteroatoms.